The first-order chi connectivity index (χ1) is 11.6. The van der Waals surface area contributed by atoms with Gasteiger partial charge in [-0.05, 0) is 18.1 Å². The number of carbonyl (C=O) groups excluding carboxylic acids is 1. The second kappa shape index (κ2) is 7.35. The average Bonchev–Trinajstić information content (AvgIpc) is 3.18. The third kappa shape index (κ3) is 4.05. The number of carbonyl (C=O) groups is 1. The Bertz CT molecular complexity index is 809. The normalized spacial score (nSPS) is 11.0. The van der Waals surface area contributed by atoms with Crippen molar-refractivity contribution in [2.75, 3.05) is 5.32 Å². The van der Waals surface area contributed by atoms with Crippen molar-refractivity contribution in [2.45, 2.75) is 26.8 Å². The summed E-state index contributed by atoms with van der Waals surface area (Å²) in [6.07, 6.45) is 5.43. The number of thiazole rings is 1. The molecule has 3 aromatic heterocycles. The highest BCUT2D eigenvalue weighted by atomic mass is 32.1. The Morgan fingerprint density at radius 3 is 2.96 bits per heavy atom. The van der Waals surface area contributed by atoms with Gasteiger partial charge in [-0.1, -0.05) is 13.8 Å². The fraction of sp³-hybridized carbons (Fsp3) is 0.294. The minimum atomic E-state index is -0.0939. The summed E-state index contributed by atoms with van der Waals surface area (Å²) < 4.78 is 1.81. The minimum Gasteiger partial charge on any atom is -0.311 e. The Morgan fingerprint density at radius 2 is 2.21 bits per heavy atom. The van der Waals surface area contributed by atoms with Gasteiger partial charge in [-0.3, -0.25) is 9.78 Å². The van der Waals surface area contributed by atoms with Gasteiger partial charge >= 0.3 is 0 Å². The molecule has 124 valence electrons. The molecule has 3 rings (SSSR count). The van der Waals surface area contributed by atoms with Crippen LogP contribution in [0, 0.1) is 5.92 Å². The molecular formula is C17H19N5OS. The van der Waals surface area contributed by atoms with Crippen LogP contribution in [0.2, 0.25) is 0 Å². The number of hydrogen-bond acceptors (Lipinski definition) is 5. The summed E-state index contributed by atoms with van der Waals surface area (Å²) in [5.74, 6) is 1.08. The monoisotopic (exact) mass is 341 g/mol. The van der Waals surface area contributed by atoms with Crippen molar-refractivity contribution in [3.8, 4) is 10.6 Å². The van der Waals surface area contributed by atoms with E-state index in [2.05, 4.69) is 34.2 Å². The van der Waals surface area contributed by atoms with Crippen LogP contribution in [0.15, 0.2) is 42.2 Å². The molecule has 24 heavy (non-hydrogen) atoms. The van der Waals surface area contributed by atoms with Gasteiger partial charge in [0, 0.05) is 35.9 Å². The van der Waals surface area contributed by atoms with Gasteiger partial charge in [0.15, 0.2) is 0 Å². The van der Waals surface area contributed by atoms with Crippen LogP contribution in [-0.4, -0.2) is 25.7 Å². The van der Waals surface area contributed by atoms with Gasteiger partial charge in [-0.15, -0.1) is 11.3 Å². The first kappa shape index (κ1) is 16.3. The summed E-state index contributed by atoms with van der Waals surface area (Å²) >= 11 is 1.52. The molecule has 6 nitrogen and oxygen atoms in total. The molecule has 0 unspecified atom stereocenters. The van der Waals surface area contributed by atoms with Crippen molar-refractivity contribution < 1.29 is 4.79 Å². The van der Waals surface area contributed by atoms with Crippen LogP contribution >= 0.6 is 11.3 Å². The van der Waals surface area contributed by atoms with Crippen molar-refractivity contribution in [1.29, 1.82) is 0 Å². The zero-order valence-electron chi connectivity index (χ0n) is 13.6. The maximum Gasteiger partial charge on any atom is 0.231 e. The lowest BCUT2D eigenvalue weighted by atomic mass is 10.2. The van der Waals surface area contributed by atoms with E-state index >= 15 is 0 Å². The van der Waals surface area contributed by atoms with E-state index in [-0.39, 0.29) is 12.3 Å². The number of anilines is 1. The highest BCUT2D eigenvalue weighted by Crippen LogP contribution is 2.23. The Hall–Kier alpha value is -2.54. The van der Waals surface area contributed by atoms with E-state index < -0.39 is 0 Å². The molecule has 0 aliphatic heterocycles. The highest BCUT2D eigenvalue weighted by molar-refractivity contribution is 7.13. The zero-order chi connectivity index (χ0) is 16.9. The molecule has 7 heteroatoms. The summed E-state index contributed by atoms with van der Waals surface area (Å²) in [5, 5.41) is 9.93. The molecule has 0 aliphatic rings. The third-order valence-electron chi connectivity index (χ3n) is 3.32. The molecule has 0 aliphatic carbocycles. The predicted molar refractivity (Wildman–Crippen MR) is 94.7 cm³/mol. The summed E-state index contributed by atoms with van der Waals surface area (Å²) in [7, 11) is 0. The van der Waals surface area contributed by atoms with Gasteiger partial charge in [-0.25, -0.2) is 9.67 Å². The maximum atomic E-state index is 12.3. The zero-order valence-corrected chi connectivity index (χ0v) is 14.5. The van der Waals surface area contributed by atoms with Crippen LogP contribution in [-0.2, 0) is 17.8 Å². The largest absolute Gasteiger partial charge is 0.311 e. The molecule has 0 radical (unpaired) electrons. The summed E-state index contributed by atoms with van der Waals surface area (Å²) in [6.45, 7) is 5.00. The smallest absolute Gasteiger partial charge is 0.231 e. The Balaban J connectivity index is 1.64. The van der Waals surface area contributed by atoms with E-state index in [1.54, 1.807) is 18.6 Å². The number of amides is 1. The standard InChI is InChI=1S/C17H19N5OS/c1-12(2)10-22-15(5-7-19-22)21-16(23)8-14-11-24-17(20-14)13-4-3-6-18-9-13/h3-7,9,11-12H,8,10H2,1-2H3,(H,21,23). The van der Waals surface area contributed by atoms with Crippen LogP contribution in [0.1, 0.15) is 19.5 Å². The first-order valence-corrected chi connectivity index (χ1v) is 8.66. The second-order valence-electron chi connectivity index (χ2n) is 5.90. The number of pyridine rings is 1. The van der Waals surface area contributed by atoms with Crippen LogP contribution in [0.3, 0.4) is 0 Å². The van der Waals surface area contributed by atoms with Crippen LogP contribution in [0.25, 0.3) is 10.6 Å². The molecule has 0 bridgehead atoms. The number of hydrogen-bond donors (Lipinski definition) is 1. The average molecular weight is 341 g/mol. The topological polar surface area (TPSA) is 72.7 Å². The Kier molecular flexibility index (Phi) is 5.00. The van der Waals surface area contributed by atoms with Crippen molar-refractivity contribution in [1.82, 2.24) is 19.7 Å². The molecule has 0 saturated carbocycles. The van der Waals surface area contributed by atoms with E-state index in [1.165, 1.54) is 11.3 Å². The molecule has 1 N–H and O–H groups in total. The van der Waals surface area contributed by atoms with E-state index in [4.69, 9.17) is 0 Å². The summed E-state index contributed by atoms with van der Waals surface area (Å²) in [4.78, 5) is 20.9. The SMILES string of the molecule is CC(C)Cn1nccc1NC(=O)Cc1csc(-c2cccnc2)n1. The highest BCUT2D eigenvalue weighted by Gasteiger charge is 2.12. The Morgan fingerprint density at radius 1 is 1.33 bits per heavy atom. The third-order valence-corrected chi connectivity index (χ3v) is 4.26. The maximum absolute atomic E-state index is 12.3. The quantitative estimate of drug-likeness (QED) is 0.747. The van der Waals surface area contributed by atoms with Crippen LogP contribution in [0.5, 0.6) is 0 Å². The number of nitrogens with one attached hydrogen (secondary N) is 1. The number of nitrogens with zero attached hydrogens (tertiary/aromatic N) is 4. The molecule has 0 spiro atoms. The minimum absolute atomic E-state index is 0.0939. The molecule has 0 fully saturated rings. The van der Waals surface area contributed by atoms with Crippen LogP contribution in [0.4, 0.5) is 5.82 Å². The van der Waals surface area contributed by atoms with Gasteiger partial charge in [-0.2, -0.15) is 5.10 Å². The summed E-state index contributed by atoms with van der Waals surface area (Å²) in [5.41, 5.74) is 1.72. The molecule has 0 atom stereocenters. The van der Waals surface area contributed by atoms with Gasteiger partial charge in [0.1, 0.15) is 10.8 Å². The van der Waals surface area contributed by atoms with Crippen molar-refractivity contribution >= 4 is 23.1 Å². The van der Waals surface area contributed by atoms with Crippen molar-refractivity contribution in [2.24, 2.45) is 5.92 Å². The molecule has 1 amide bonds. The fourth-order valence-electron chi connectivity index (χ4n) is 2.29. The first-order valence-electron chi connectivity index (χ1n) is 7.78. The Labute approximate surface area is 144 Å². The number of rotatable bonds is 6. The van der Waals surface area contributed by atoms with Gasteiger partial charge < -0.3 is 5.32 Å². The second-order valence-corrected chi connectivity index (χ2v) is 6.76. The lowest BCUT2D eigenvalue weighted by Crippen LogP contribution is -2.18. The molecule has 3 aromatic rings. The van der Waals surface area contributed by atoms with Gasteiger partial charge in [0.05, 0.1) is 18.3 Å². The van der Waals surface area contributed by atoms with Gasteiger partial charge in [0.2, 0.25) is 5.91 Å². The van der Waals surface area contributed by atoms with Gasteiger partial charge in [0.25, 0.3) is 0 Å². The van der Waals surface area contributed by atoms with Crippen LogP contribution < -0.4 is 5.32 Å². The fourth-order valence-corrected chi connectivity index (χ4v) is 3.10. The molecule has 0 aromatic carbocycles. The summed E-state index contributed by atoms with van der Waals surface area (Å²) in [6, 6.07) is 5.64. The van der Waals surface area contributed by atoms with E-state index in [0.717, 1.165) is 28.6 Å². The predicted octanol–water partition coefficient (Wildman–Crippen LogP) is 3.24. The van der Waals surface area contributed by atoms with Crippen molar-refractivity contribution in [3.05, 3.63) is 47.9 Å². The van der Waals surface area contributed by atoms with E-state index in [0.29, 0.717) is 5.92 Å². The van der Waals surface area contributed by atoms with E-state index in [9.17, 15) is 4.79 Å². The lowest BCUT2D eigenvalue weighted by Gasteiger charge is -2.10. The molecule has 0 saturated heterocycles. The number of aromatic nitrogens is 4. The van der Waals surface area contributed by atoms with Crippen molar-refractivity contribution in [3.63, 3.8) is 0 Å². The molecular weight excluding hydrogens is 322 g/mol. The molecule has 3 heterocycles. The lowest BCUT2D eigenvalue weighted by molar-refractivity contribution is -0.115. The van der Waals surface area contributed by atoms with E-state index in [1.807, 2.05) is 28.3 Å².